The Morgan fingerprint density at radius 1 is 0.722 bits per heavy atom. The van der Waals surface area contributed by atoms with Crippen LogP contribution in [-0.4, -0.2) is 52.6 Å². The number of carbonyl (C=O) groups is 1. The minimum atomic E-state index is -0.0722. The fraction of sp³-hybridized carbons (Fsp3) is 0.533. The van der Waals surface area contributed by atoms with Crippen molar-refractivity contribution >= 4 is 11.6 Å². The van der Waals surface area contributed by atoms with E-state index in [1.165, 1.54) is 22.7 Å². The minimum absolute atomic E-state index is 0. The summed E-state index contributed by atoms with van der Waals surface area (Å²) in [5, 5.41) is 7.15. The molecule has 298 valence electrons. The van der Waals surface area contributed by atoms with Crippen LogP contribution in [0.4, 0.5) is 5.69 Å². The molecule has 3 aromatic rings. The van der Waals surface area contributed by atoms with Crippen LogP contribution in [0.1, 0.15) is 120 Å². The number of nitrogens with zero attached hydrogens (tertiary/aromatic N) is 3. The van der Waals surface area contributed by atoms with Crippen molar-refractivity contribution in [2.24, 2.45) is 5.92 Å². The van der Waals surface area contributed by atoms with E-state index in [-0.39, 0.29) is 94.0 Å². The number of pyridine rings is 1. The molecule has 2 N–H and O–H groups in total. The number of hydrogen-bond donors (Lipinski definition) is 2. The van der Waals surface area contributed by atoms with Crippen LogP contribution in [0.2, 0.25) is 0 Å². The number of hydrogen-bond acceptors (Lipinski definition) is 5. The van der Waals surface area contributed by atoms with E-state index in [4.69, 9.17) is 0 Å². The maximum Gasteiger partial charge on any atom is 0.248 e. The molecule has 9 heteroatoms. The molecule has 2 aromatic carbocycles. The monoisotopic (exact) mass is 892 g/mol. The predicted octanol–water partition coefficient (Wildman–Crippen LogP) is 9.69. The first-order valence-corrected chi connectivity index (χ1v) is 18.9. The summed E-state index contributed by atoms with van der Waals surface area (Å²) in [5.41, 5.74) is 5.93. The molecule has 0 aliphatic carbocycles. The molecule has 2 atom stereocenters. The van der Waals surface area contributed by atoms with E-state index in [1.54, 1.807) is 21.7 Å². The number of nitrogens with one attached hydrogen (secondary N) is 2. The summed E-state index contributed by atoms with van der Waals surface area (Å²) >= 11 is 0. The summed E-state index contributed by atoms with van der Waals surface area (Å²) in [6.45, 7) is 41.1. The van der Waals surface area contributed by atoms with Gasteiger partial charge in [-0.1, -0.05) is 57.2 Å². The second kappa shape index (κ2) is 26.6. The predicted molar refractivity (Wildman–Crippen MR) is 225 cm³/mol. The van der Waals surface area contributed by atoms with Crippen LogP contribution in [0.25, 0.3) is 11.1 Å². The molecule has 1 fully saturated rings. The van der Waals surface area contributed by atoms with Gasteiger partial charge in [0.1, 0.15) is 0 Å². The third-order valence-electron chi connectivity index (χ3n) is 7.67. The quantitative estimate of drug-likeness (QED) is 0.232. The van der Waals surface area contributed by atoms with Gasteiger partial charge in [-0.05, 0) is 102 Å². The van der Waals surface area contributed by atoms with Gasteiger partial charge in [-0.2, -0.15) is 20.8 Å². The fourth-order valence-corrected chi connectivity index (χ4v) is 5.49. The van der Waals surface area contributed by atoms with Gasteiger partial charge in [-0.3, -0.25) is 4.79 Å². The van der Waals surface area contributed by atoms with E-state index >= 15 is 0 Å². The van der Waals surface area contributed by atoms with E-state index in [9.17, 15) is 9.59 Å². The summed E-state index contributed by atoms with van der Waals surface area (Å²) < 4.78 is 1.59. The van der Waals surface area contributed by atoms with Crippen molar-refractivity contribution in [1.29, 1.82) is 0 Å². The van der Waals surface area contributed by atoms with Gasteiger partial charge in [0.25, 0.3) is 0 Å². The number of rotatable bonds is 7. The molecule has 0 saturated carbocycles. The SMILES string of the molecule is CC(C)C.C[C-](C)C.[CH2-]C(=O)N1CCN(c2ccc([C@@H](C)NC(C)(C)C)cc2)CC1.[CH2-]Cn1ccc(-c2ccc([C@@H](C)NC(C)(C)C)cc2)cc1=O.[Y].[Y]. The molecule has 1 saturated heterocycles. The van der Waals surface area contributed by atoms with Crippen LogP contribution in [0.3, 0.4) is 0 Å². The van der Waals surface area contributed by atoms with Crippen molar-refractivity contribution in [3.8, 4) is 11.1 Å². The van der Waals surface area contributed by atoms with Crippen LogP contribution >= 0.6 is 0 Å². The topological polar surface area (TPSA) is 69.6 Å². The maximum atomic E-state index is 11.9. The molecular formula is C45H72N5O2Y2-3. The van der Waals surface area contributed by atoms with E-state index in [1.807, 2.05) is 6.07 Å². The molecule has 0 bridgehead atoms. The van der Waals surface area contributed by atoms with Crippen LogP contribution < -0.4 is 21.1 Å². The Morgan fingerprint density at radius 3 is 1.44 bits per heavy atom. The Hall–Kier alpha value is -1.34. The summed E-state index contributed by atoms with van der Waals surface area (Å²) in [4.78, 5) is 27.3. The molecule has 1 amide bonds. The Bertz CT molecular complexity index is 1490. The average molecular weight is 893 g/mol. The van der Waals surface area contributed by atoms with Crippen molar-refractivity contribution in [2.75, 3.05) is 31.1 Å². The standard InChI is InChI=1S/C19H25N2O.C18H28N3O.C4H10.C4H9.2Y/c1-6-21-12-11-17(13-18(21)22)16-9-7-15(8-10-16)14(2)20-19(3,4)5;1-14(19-18(3,4)5)16-6-8-17(9-7-16)21-12-10-20(11-13-21)15(2)22;2*1-4(2)3;;/h7-14,20H,1,6H2,2-5H3;6-9,14,19H,2,10-13H2,1,3-5H3;4H,1-3H3;1-3H3;;/q2*-1;;-1;;/t2*14-;;;;/m11..../s1. The van der Waals surface area contributed by atoms with Crippen LogP contribution in [0.15, 0.2) is 71.7 Å². The zero-order valence-electron chi connectivity index (χ0n) is 36.3. The Kier molecular flexibility index (Phi) is 26.9. The third kappa shape index (κ3) is 23.0. The Balaban J connectivity index is 0. The number of amides is 1. The maximum absolute atomic E-state index is 11.9. The summed E-state index contributed by atoms with van der Waals surface area (Å²) in [6, 6.07) is 21.3. The first-order valence-electron chi connectivity index (χ1n) is 18.9. The van der Waals surface area contributed by atoms with E-state index < -0.39 is 0 Å². The van der Waals surface area contributed by atoms with Crippen molar-refractivity contribution in [1.82, 2.24) is 20.1 Å². The number of piperazine rings is 1. The van der Waals surface area contributed by atoms with Gasteiger partial charge < -0.3 is 49.6 Å². The molecule has 54 heavy (non-hydrogen) atoms. The van der Waals surface area contributed by atoms with Crippen molar-refractivity contribution in [3.63, 3.8) is 0 Å². The van der Waals surface area contributed by atoms with Crippen LogP contribution in [-0.2, 0) is 76.8 Å². The van der Waals surface area contributed by atoms with Crippen LogP contribution in [0.5, 0.6) is 0 Å². The second-order valence-corrected chi connectivity index (χ2v) is 17.0. The molecule has 2 heterocycles. The summed E-state index contributed by atoms with van der Waals surface area (Å²) in [6.07, 6.45) is 1.79. The van der Waals surface area contributed by atoms with Gasteiger partial charge in [0.15, 0.2) is 0 Å². The second-order valence-electron chi connectivity index (χ2n) is 17.0. The van der Waals surface area contributed by atoms with Crippen molar-refractivity contribution in [3.05, 3.63) is 108 Å². The van der Waals surface area contributed by atoms with Crippen LogP contribution in [0, 0.1) is 25.7 Å². The normalized spacial score (nSPS) is 13.8. The smallest absolute Gasteiger partial charge is 0.248 e. The molecule has 2 radical (unpaired) electrons. The van der Waals surface area contributed by atoms with Gasteiger partial charge in [-0.15, -0.1) is 6.54 Å². The van der Waals surface area contributed by atoms with Gasteiger partial charge in [-0.25, -0.2) is 0 Å². The molecule has 0 unspecified atom stereocenters. The van der Waals surface area contributed by atoms with Gasteiger partial charge >= 0.3 is 0 Å². The molecular weight excluding hydrogens is 820 g/mol. The first-order chi connectivity index (χ1) is 24.0. The van der Waals surface area contributed by atoms with Crippen molar-refractivity contribution in [2.45, 2.75) is 127 Å². The van der Waals surface area contributed by atoms with Crippen molar-refractivity contribution < 1.29 is 70.2 Å². The number of carbonyl (C=O) groups excluding carboxylic acids is 1. The molecule has 4 rings (SSSR count). The third-order valence-corrected chi connectivity index (χ3v) is 7.67. The number of aromatic nitrogens is 1. The van der Waals surface area contributed by atoms with Gasteiger partial charge in [0.2, 0.25) is 5.56 Å². The van der Waals surface area contributed by atoms with Gasteiger partial charge in [0, 0.05) is 133 Å². The molecule has 1 aromatic heterocycles. The molecule has 0 spiro atoms. The molecule has 1 aliphatic rings. The van der Waals surface area contributed by atoms with Gasteiger partial charge in [0.05, 0.1) is 5.91 Å². The first kappa shape index (κ1) is 54.8. The Labute approximate surface area is 381 Å². The zero-order chi connectivity index (χ0) is 39.8. The molecule has 7 nitrogen and oxygen atoms in total. The van der Waals surface area contributed by atoms with E-state index in [0.717, 1.165) is 43.2 Å². The zero-order valence-corrected chi connectivity index (χ0v) is 42.0. The van der Waals surface area contributed by atoms with E-state index in [2.05, 4.69) is 175 Å². The summed E-state index contributed by atoms with van der Waals surface area (Å²) in [7, 11) is 0. The summed E-state index contributed by atoms with van der Waals surface area (Å²) in [5.74, 6) is 2.18. The van der Waals surface area contributed by atoms with E-state index in [0.29, 0.717) is 12.6 Å². The largest absolute Gasteiger partial charge is 0.368 e. The Morgan fingerprint density at radius 2 is 1.11 bits per heavy atom. The fourth-order valence-electron chi connectivity index (χ4n) is 5.49. The number of benzene rings is 2. The minimum Gasteiger partial charge on any atom is -0.368 e. The average Bonchev–Trinajstić information content (AvgIpc) is 3.03. The number of anilines is 1. The molecule has 1 aliphatic heterocycles.